The predicted octanol–water partition coefficient (Wildman–Crippen LogP) is 5.21. The van der Waals surface area contributed by atoms with Crippen LogP contribution in [-0.4, -0.2) is 16.9 Å². The number of imide groups is 1. The molecule has 0 atom stereocenters. The van der Waals surface area contributed by atoms with E-state index in [9.17, 15) is 14.4 Å². The molecule has 1 fully saturated rings. The first kappa shape index (κ1) is 18.5. The monoisotopic (exact) mass is 403 g/mol. The fourth-order valence-electron chi connectivity index (χ4n) is 2.23. The minimum atomic E-state index is -0.394. The van der Waals surface area contributed by atoms with Crippen LogP contribution in [-0.2, 0) is 4.79 Å². The Morgan fingerprint density at radius 3 is 2.31 bits per heavy atom. The smallest absolute Gasteiger partial charge is 0.289 e. The molecule has 0 unspecified atom stereocenters. The molecule has 1 aliphatic rings. The molecule has 3 rings (SSSR count). The van der Waals surface area contributed by atoms with Crippen molar-refractivity contribution in [2.45, 2.75) is 0 Å². The molecule has 0 aliphatic carbocycles. The van der Waals surface area contributed by atoms with Gasteiger partial charge in [-0.2, -0.15) is 0 Å². The van der Waals surface area contributed by atoms with Gasteiger partial charge in [0.25, 0.3) is 11.1 Å². The van der Waals surface area contributed by atoms with E-state index in [0.717, 1.165) is 22.9 Å². The van der Waals surface area contributed by atoms with Crippen molar-refractivity contribution in [1.82, 2.24) is 5.32 Å². The second-order valence-electron chi connectivity index (χ2n) is 5.34. The number of carbonyl (C=O) groups excluding carboxylic acids is 3. The van der Waals surface area contributed by atoms with Crippen molar-refractivity contribution in [1.29, 1.82) is 0 Å². The average Bonchev–Trinajstić information content (AvgIpc) is 2.91. The normalized spacial score (nSPS) is 15.7. The lowest BCUT2D eigenvalue weighted by molar-refractivity contribution is -0.115. The zero-order chi connectivity index (χ0) is 18.7. The van der Waals surface area contributed by atoms with E-state index in [1.807, 2.05) is 0 Å². The predicted molar refractivity (Wildman–Crippen MR) is 105 cm³/mol. The quantitative estimate of drug-likeness (QED) is 0.561. The minimum absolute atomic E-state index is 0.226. The third-order valence-corrected chi connectivity index (χ3v) is 4.86. The fourth-order valence-corrected chi connectivity index (χ4v) is 3.41. The third-order valence-electron chi connectivity index (χ3n) is 3.50. The Morgan fingerprint density at radius 2 is 1.69 bits per heavy atom. The van der Waals surface area contributed by atoms with Gasteiger partial charge in [-0.3, -0.25) is 19.7 Å². The van der Waals surface area contributed by atoms with E-state index in [1.54, 1.807) is 48.6 Å². The number of nitrogens with one attached hydrogen (secondary N) is 1. The summed E-state index contributed by atoms with van der Waals surface area (Å²) < 4.78 is 0. The highest BCUT2D eigenvalue weighted by molar-refractivity contribution is 8.18. The Kier molecular flexibility index (Phi) is 5.61. The van der Waals surface area contributed by atoms with Crippen molar-refractivity contribution in [3.8, 4) is 0 Å². The summed E-state index contributed by atoms with van der Waals surface area (Å²) >= 11 is 12.7. The maximum Gasteiger partial charge on any atom is 0.290 e. The molecule has 1 heterocycles. The van der Waals surface area contributed by atoms with Gasteiger partial charge in [-0.25, -0.2) is 0 Å². The van der Waals surface area contributed by atoms with Crippen molar-refractivity contribution in [3.05, 3.63) is 80.2 Å². The summed E-state index contributed by atoms with van der Waals surface area (Å²) in [7, 11) is 0. The number of halogens is 2. The number of carbonyl (C=O) groups is 3. The topological polar surface area (TPSA) is 63.2 Å². The van der Waals surface area contributed by atoms with E-state index in [4.69, 9.17) is 23.2 Å². The van der Waals surface area contributed by atoms with E-state index in [1.165, 1.54) is 12.1 Å². The van der Waals surface area contributed by atoms with Crippen molar-refractivity contribution < 1.29 is 14.4 Å². The molecule has 0 spiro atoms. The lowest BCUT2D eigenvalue weighted by Crippen LogP contribution is -2.17. The van der Waals surface area contributed by atoms with E-state index in [0.29, 0.717) is 20.5 Å². The van der Waals surface area contributed by atoms with Gasteiger partial charge in [0.15, 0.2) is 5.78 Å². The largest absolute Gasteiger partial charge is 0.290 e. The van der Waals surface area contributed by atoms with Crippen LogP contribution >= 0.6 is 35.0 Å². The average molecular weight is 404 g/mol. The molecule has 26 heavy (non-hydrogen) atoms. The summed E-state index contributed by atoms with van der Waals surface area (Å²) in [5.74, 6) is -0.621. The van der Waals surface area contributed by atoms with Crippen molar-refractivity contribution in [2.24, 2.45) is 0 Å². The second-order valence-corrected chi connectivity index (χ2v) is 7.20. The molecule has 130 valence electrons. The molecular formula is C19H11Cl2NO3S. The second kappa shape index (κ2) is 7.91. The van der Waals surface area contributed by atoms with Gasteiger partial charge in [0.1, 0.15) is 0 Å². The number of benzene rings is 2. The lowest BCUT2D eigenvalue weighted by Gasteiger charge is -2.01. The molecule has 1 aliphatic heterocycles. The first-order valence-electron chi connectivity index (χ1n) is 7.45. The van der Waals surface area contributed by atoms with Crippen LogP contribution < -0.4 is 5.32 Å². The highest BCUT2D eigenvalue weighted by atomic mass is 35.5. The Bertz CT molecular complexity index is 965. The minimum Gasteiger partial charge on any atom is -0.289 e. The molecule has 1 saturated heterocycles. The lowest BCUT2D eigenvalue weighted by atomic mass is 10.1. The van der Waals surface area contributed by atoms with Crippen molar-refractivity contribution in [3.63, 3.8) is 0 Å². The summed E-state index contributed by atoms with van der Waals surface area (Å²) in [5, 5.41) is 2.60. The number of allylic oxidation sites excluding steroid dienone is 1. The van der Waals surface area contributed by atoms with Crippen LogP contribution in [0.25, 0.3) is 12.2 Å². The van der Waals surface area contributed by atoms with Gasteiger partial charge in [0, 0.05) is 10.6 Å². The number of thioether (sulfide) groups is 1. The molecule has 7 heteroatoms. The fraction of sp³-hybridized carbons (Fsp3) is 0. The van der Waals surface area contributed by atoms with E-state index < -0.39 is 5.91 Å². The standard InChI is InChI=1S/C19H11Cl2NO3S/c20-13-6-7-14(15(21)10-13)16(23)8-5-11-1-3-12(4-2-11)9-17-18(24)22-19(25)26-17/h1-10H,(H,22,24,25)/b8-5+,17-9-. The Balaban J connectivity index is 1.72. The number of hydrogen-bond acceptors (Lipinski definition) is 4. The van der Waals surface area contributed by atoms with Crippen LogP contribution in [0.4, 0.5) is 4.79 Å². The highest BCUT2D eigenvalue weighted by Gasteiger charge is 2.24. The van der Waals surface area contributed by atoms with Gasteiger partial charge in [-0.15, -0.1) is 0 Å². The van der Waals surface area contributed by atoms with Gasteiger partial charge < -0.3 is 0 Å². The van der Waals surface area contributed by atoms with Crippen LogP contribution in [0.2, 0.25) is 10.0 Å². The first-order valence-corrected chi connectivity index (χ1v) is 9.02. The van der Waals surface area contributed by atoms with Crippen molar-refractivity contribution >= 4 is 64.0 Å². The number of rotatable bonds is 4. The molecule has 2 aromatic carbocycles. The van der Waals surface area contributed by atoms with Gasteiger partial charge in [-0.1, -0.05) is 53.5 Å². The SMILES string of the molecule is O=C1NC(=O)/C(=C/c2ccc(/C=C/C(=O)c3ccc(Cl)cc3Cl)cc2)S1. The van der Waals surface area contributed by atoms with Crippen molar-refractivity contribution in [2.75, 3.05) is 0 Å². The highest BCUT2D eigenvalue weighted by Crippen LogP contribution is 2.26. The van der Waals surface area contributed by atoms with Gasteiger partial charge in [0.2, 0.25) is 0 Å². The van der Waals surface area contributed by atoms with E-state index in [-0.39, 0.29) is 11.0 Å². The summed E-state index contributed by atoms with van der Waals surface area (Å²) in [6.07, 6.45) is 4.74. The summed E-state index contributed by atoms with van der Waals surface area (Å²) in [6.45, 7) is 0. The van der Waals surface area contributed by atoms with Crippen LogP contribution in [0.1, 0.15) is 21.5 Å². The van der Waals surface area contributed by atoms with Gasteiger partial charge in [-0.05, 0) is 53.2 Å². The van der Waals surface area contributed by atoms with Gasteiger partial charge in [0.05, 0.1) is 9.93 Å². The van der Waals surface area contributed by atoms with E-state index in [2.05, 4.69) is 5.32 Å². The van der Waals surface area contributed by atoms with E-state index >= 15 is 0 Å². The maximum atomic E-state index is 12.2. The zero-order valence-corrected chi connectivity index (χ0v) is 15.5. The third kappa shape index (κ3) is 4.43. The molecule has 1 N–H and O–H groups in total. The van der Waals surface area contributed by atoms with Crippen LogP contribution in [0.3, 0.4) is 0 Å². The summed E-state index contributed by atoms with van der Waals surface area (Å²) in [4.78, 5) is 35.2. The molecule has 4 nitrogen and oxygen atoms in total. The number of ketones is 1. The molecule has 0 radical (unpaired) electrons. The Hall–Kier alpha value is -2.34. The number of hydrogen-bond donors (Lipinski definition) is 1. The molecular weight excluding hydrogens is 393 g/mol. The van der Waals surface area contributed by atoms with Crippen LogP contribution in [0.15, 0.2) is 53.4 Å². The molecule has 2 aromatic rings. The summed E-state index contributed by atoms with van der Waals surface area (Å²) in [6, 6.07) is 11.9. The Labute approximate surface area is 163 Å². The Morgan fingerprint density at radius 1 is 1.00 bits per heavy atom. The molecule has 0 bridgehead atoms. The molecule has 0 saturated carbocycles. The zero-order valence-electron chi connectivity index (χ0n) is 13.2. The molecule has 0 aromatic heterocycles. The molecule has 2 amide bonds. The summed E-state index contributed by atoms with van der Waals surface area (Å²) in [5.41, 5.74) is 1.97. The van der Waals surface area contributed by atoms with Crippen LogP contribution in [0.5, 0.6) is 0 Å². The number of amides is 2. The maximum absolute atomic E-state index is 12.2. The van der Waals surface area contributed by atoms with Crippen LogP contribution in [0, 0.1) is 0 Å². The first-order chi connectivity index (χ1) is 12.4. The van der Waals surface area contributed by atoms with Gasteiger partial charge >= 0.3 is 0 Å².